The molecule has 0 aliphatic carbocycles. The van der Waals surface area contributed by atoms with Crippen LogP contribution in [0.4, 0.5) is 0 Å². The van der Waals surface area contributed by atoms with Crippen molar-refractivity contribution in [2.45, 2.75) is 39.3 Å². The van der Waals surface area contributed by atoms with Gasteiger partial charge in [-0.1, -0.05) is 6.92 Å². The summed E-state index contributed by atoms with van der Waals surface area (Å²) in [7, 11) is 0. The second-order valence-electron chi connectivity index (χ2n) is 5.67. The van der Waals surface area contributed by atoms with Crippen LogP contribution >= 0.6 is 0 Å². The zero-order valence-corrected chi connectivity index (χ0v) is 14.5. The Morgan fingerprint density at radius 1 is 1.42 bits per heavy atom. The first-order valence-corrected chi connectivity index (χ1v) is 8.22. The van der Waals surface area contributed by atoms with E-state index in [-0.39, 0.29) is 6.54 Å². The summed E-state index contributed by atoms with van der Waals surface area (Å²) >= 11 is 0. The van der Waals surface area contributed by atoms with Gasteiger partial charge >= 0.3 is 0 Å². The van der Waals surface area contributed by atoms with Gasteiger partial charge in [0.1, 0.15) is 23.5 Å². The summed E-state index contributed by atoms with van der Waals surface area (Å²) in [4.78, 5) is 4.45. The van der Waals surface area contributed by atoms with Crippen molar-refractivity contribution < 1.29 is 9.52 Å². The molecule has 132 valence electrons. The molecule has 8 heteroatoms. The summed E-state index contributed by atoms with van der Waals surface area (Å²) in [6, 6.07) is 3.50. The Kier molecular flexibility index (Phi) is 6.36. The van der Waals surface area contributed by atoms with Gasteiger partial charge in [-0.15, -0.1) is 10.2 Å². The quantitative estimate of drug-likeness (QED) is 0.490. The van der Waals surface area contributed by atoms with Crippen LogP contribution in [0.3, 0.4) is 0 Å². The van der Waals surface area contributed by atoms with E-state index in [1.54, 1.807) is 31.6 Å². The van der Waals surface area contributed by atoms with E-state index in [1.807, 2.05) is 11.5 Å². The van der Waals surface area contributed by atoms with E-state index >= 15 is 0 Å². The third kappa shape index (κ3) is 4.82. The number of guanidine groups is 1. The van der Waals surface area contributed by atoms with Crippen LogP contribution in [0, 0.1) is 0 Å². The second kappa shape index (κ2) is 8.49. The van der Waals surface area contributed by atoms with Crippen LogP contribution in [0.5, 0.6) is 0 Å². The molecule has 2 aromatic rings. The second-order valence-corrected chi connectivity index (χ2v) is 5.67. The van der Waals surface area contributed by atoms with Crippen LogP contribution in [0.25, 0.3) is 0 Å². The number of hydrogen-bond donors (Lipinski definition) is 3. The van der Waals surface area contributed by atoms with Crippen molar-refractivity contribution in [1.29, 1.82) is 0 Å². The molecule has 24 heavy (non-hydrogen) atoms. The molecule has 0 spiro atoms. The van der Waals surface area contributed by atoms with Crippen molar-refractivity contribution in [2.75, 3.05) is 19.6 Å². The van der Waals surface area contributed by atoms with Gasteiger partial charge in [-0.25, -0.2) is 4.99 Å². The molecular weight excluding hydrogens is 308 g/mol. The molecule has 0 saturated carbocycles. The van der Waals surface area contributed by atoms with Crippen LogP contribution in [0.15, 0.2) is 34.1 Å². The molecule has 0 aliphatic heterocycles. The predicted octanol–water partition coefficient (Wildman–Crippen LogP) is 0.896. The van der Waals surface area contributed by atoms with Gasteiger partial charge in [0.2, 0.25) is 0 Å². The molecule has 2 rings (SSSR count). The van der Waals surface area contributed by atoms with Gasteiger partial charge in [0.15, 0.2) is 5.96 Å². The van der Waals surface area contributed by atoms with Crippen molar-refractivity contribution in [3.05, 3.63) is 36.3 Å². The lowest BCUT2D eigenvalue weighted by atomic mass is 10.0. The van der Waals surface area contributed by atoms with Crippen LogP contribution < -0.4 is 10.6 Å². The van der Waals surface area contributed by atoms with Crippen molar-refractivity contribution >= 4 is 5.96 Å². The first-order valence-electron chi connectivity index (χ1n) is 8.22. The Bertz CT molecular complexity index is 633. The fourth-order valence-corrected chi connectivity index (χ4v) is 2.27. The molecule has 2 aromatic heterocycles. The normalized spacial score (nSPS) is 14.4. The lowest BCUT2D eigenvalue weighted by molar-refractivity contribution is 0.0437. The molecule has 1 atom stereocenters. The molecule has 0 aromatic carbocycles. The predicted molar refractivity (Wildman–Crippen MR) is 91.7 cm³/mol. The number of aliphatic imine (C=N–C) groups is 1. The number of nitrogens with zero attached hydrogens (tertiary/aromatic N) is 4. The SMILES string of the molecule is CCNC(=NCC(C)(O)c1ccco1)NCCn1cnnc1CC. The molecule has 0 fully saturated rings. The number of aliphatic hydroxyl groups is 1. The number of hydrogen-bond acceptors (Lipinski definition) is 5. The van der Waals surface area contributed by atoms with Gasteiger partial charge in [0.25, 0.3) is 0 Å². The lowest BCUT2D eigenvalue weighted by Gasteiger charge is -2.19. The van der Waals surface area contributed by atoms with E-state index in [2.05, 4.69) is 32.7 Å². The summed E-state index contributed by atoms with van der Waals surface area (Å²) in [5.74, 6) is 2.11. The van der Waals surface area contributed by atoms with Crippen LogP contribution in [-0.2, 0) is 18.6 Å². The Balaban J connectivity index is 1.91. The van der Waals surface area contributed by atoms with Crippen molar-refractivity contribution in [2.24, 2.45) is 4.99 Å². The zero-order valence-electron chi connectivity index (χ0n) is 14.5. The molecule has 8 nitrogen and oxygen atoms in total. The zero-order chi connectivity index (χ0) is 17.4. The summed E-state index contributed by atoms with van der Waals surface area (Å²) in [5, 5.41) is 24.9. The van der Waals surface area contributed by atoms with Gasteiger partial charge in [-0.3, -0.25) is 0 Å². The standard InChI is InChI=1S/C16H26N6O2/c1-4-14-21-20-12-22(14)9-8-18-15(17-5-2)19-11-16(3,23)13-7-6-10-24-13/h6-7,10,12,23H,4-5,8-9,11H2,1-3H3,(H2,17,18,19). The molecule has 0 amide bonds. The lowest BCUT2D eigenvalue weighted by Crippen LogP contribution is -2.40. The fraction of sp³-hybridized carbons (Fsp3) is 0.562. The van der Waals surface area contributed by atoms with Crippen molar-refractivity contribution in [1.82, 2.24) is 25.4 Å². The highest BCUT2D eigenvalue weighted by Gasteiger charge is 2.26. The maximum atomic E-state index is 10.5. The maximum Gasteiger partial charge on any atom is 0.191 e. The van der Waals surface area contributed by atoms with E-state index in [0.29, 0.717) is 18.3 Å². The Morgan fingerprint density at radius 2 is 2.25 bits per heavy atom. The van der Waals surface area contributed by atoms with Gasteiger partial charge in [-0.05, 0) is 26.0 Å². The number of furan rings is 1. The molecule has 0 radical (unpaired) electrons. The first kappa shape index (κ1) is 18.0. The summed E-state index contributed by atoms with van der Waals surface area (Å²) in [5.41, 5.74) is -1.14. The molecule has 2 heterocycles. The molecular formula is C16H26N6O2. The van der Waals surface area contributed by atoms with Gasteiger partial charge in [0.05, 0.1) is 12.8 Å². The van der Waals surface area contributed by atoms with E-state index < -0.39 is 5.60 Å². The smallest absolute Gasteiger partial charge is 0.191 e. The number of nitrogens with one attached hydrogen (secondary N) is 2. The van der Waals surface area contributed by atoms with Crippen molar-refractivity contribution in [3.63, 3.8) is 0 Å². The molecule has 1 unspecified atom stereocenters. The molecule has 0 aliphatic rings. The third-order valence-electron chi connectivity index (χ3n) is 3.60. The number of aryl methyl sites for hydroxylation is 1. The minimum Gasteiger partial charge on any atom is -0.466 e. The van der Waals surface area contributed by atoms with Crippen LogP contribution in [0.1, 0.15) is 32.4 Å². The first-order chi connectivity index (χ1) is 11.6. The van der Waals surface area contributed by atoms with Gasteiger partial charge in [0, 0.05) is 26.1 Å². The van der Waals surface area contributed by atoms with Crippen molar-refractivity contribution in [3.8, 4) is 0 Å². The largest absolute Gasteiger partial charge is 0.466 e. The Hall–Kier alpha value is -2.35. The summed E-state index contributed by atoms with van der Waals surface area (Å²) in [6.07, 6.45) is 4.12. The highest BCUT2D eigenvalue weighted by molar-refractivity contribution is 5.79. The molecule has 0 bridgehead atoms. The third-order valence-corrected chi connectivity index (χ3v) is 3.60. The average Bonchev–Trinajstić information content (AvgIpc) is 3.24. The summed E-state index contributed by atoms with van der Waals surface area (Å²) < 4.78 is 7.28. The Labute approximate surface area is 142 Å². The number of rotatable bonds is 8. The van der Waals surface area contributed by atoms with Gasteiger partial charge < -0.3 is 24.7 Å². The van der Waals surface area contributed by atoms with E-state index in [0.717, 1.165) is 25.3 Å². The van der Waals surface area contributed by atoms with Gasteiger partial charge in [-0.2, -0.15) is 0 Å². The minimum absolute atomic E-state index is 0.197. The summed E-state index contributed by atoms with van der Waals surface area (Å²) in [6.45, 7) is 8.09. The Morgan fingerprint density at radius 3 is 2.92 bits per heavy atom. The maximum absolute atomic E-state index is 10.5. The van der Waals surface area contributed by atoms with E-state index in [1.165, 1.54) is 0 Å². The average molecular weight is 334 g/mol. The van der Waals surface area contributed by atoms with E-state index in [4.69, 9.17) is 4.42 Å². The molecule has 3 N–H and O–H groups in total. The number of aromatic nitrogens is 3. The highest BCUT2D eigenvalue weighted by Crippen LogP contribution is 2.20. The fourth-order valence-electron chi connectivity index (χ4n) is 2.27. The molecule has 0 saturated heterocycles. The van der Waals surface area contributed by atoms with E-state index in [9.17, 15) is 5.11 Å². The minimum atomic E-state index is -1.14. The van der Waals surface area contributed by atoms with Crippen LogP contribution in [-0.4, -0.2) is 45.5 Å². The van der Waals surface area contributed by atoms with Crippen LogP contribution in [0.2, 0.25) is 0 Å². The topological polar surface area (TPSA) is 100 Å². The monoisotopic (exact) mass is 334 g/mol. The highest BCUT2D eigenvalue weighted by atomic mass is 16.4.